The second-order valence-electron chi connectivity index (χ2n) is 6.21. The molecular formula is C16H26N4. The zero-order valence-corrected chi connectivity index (χ0v) is 12.2. The molecule has 2 N–H and O–H groups in total. The third-order valence-corrected chi connectivity index (χ3v) is 4.86. The maximum Gasteiger partial charge on any atom is 0.0769 e. The molecule has 1 saturated carbocycles. The summed E-state index contributed by atoms with van der Waals surface area (Å²) in [5.74, 6) is 0.792. The summed E-state index contributed by atoms with van der Waals surface area (Å²) in [4.78, 5) is 0. The minimum absolute atomic E-state index is 0.640. The van der Waals surface area contributed by atoms with Gasteiger partial charge in [-0.1, -0.05) is 19.3 Å². The van der Waals surface area contributed by atoms with Crippen LogP contribution >= 0.6 is 0 Å². The molecule has 1 saturated heterocycles. The van der Waals surface area contributed by atoms with Gasteiger partial charge in [0.2, 0.25) is 0 Å². The van der Waals surface area contributed by atoms with Gasteiger partial charge in [0.1, 0.15) is 0 Å². The number of hydrogen-bond acceptors (Lipinski definition) is 4. The van der Waals surface area contributed by atoms with Crippen LogP contribution in [0, 0.1) is 5.92 Å². The van der Waals surface area contributed by atoms with Crippen LogP contribution in [0.3, 0.4) is 0 Å². The predicted molar refractivity (Wildman–Crippen MR) is 80.3 cm³/mol. The number of aromatic nitrogens is 2. The molecule has 1 aliphatic heterocycles. The van der Waals surface area contributed by atoms with Crippen LogP contribution in [0.1, 0.15) is 50.6 Å². The van der Waals surface area contributed by atoms with Crippen LogP contribution in [0.2, 0.25) is 0 Å². The Morgan fingerprint density at radius 1 is 1.15 bits per heavy atom. The summed E-state index contributed by atoms with van der Waals surface area (Å²) in [5.41, 5.74) is 1.05. The first-order valence-electron chi connectivity index (χ1n) is 8.17. The summed E-state index contributed by atoms with van der Waals surface area (Å²) < 4.78 is 0. The number of piperidine rings is 1. The zero-order valence-electron chi connectivity index (χ0n) is 12.2. The Morgan fingerprint density at radius 3 is 2.85 bits per heavy atom. The van der Waals surface area contributed by atoms with E-state index in [1.165, 1.54) is 51.5 Å². The lowest BCUT2D eigenvalue weighted by Crippen LogP contribution is -2.50. The van der Waals surface area contributed by atoms with Crippen LogP contribution in [0.25, 0.3) is 0 Å². The summed E-state index contributed by atoms with van der Waals surface area (Å²) in [6.45, 7) is 2.06. The zero-order chi connectivity index (χ0) is 13.6. The second-order valence-corrected chi connectivity index (χ2v) is 6.21. The second kappa shape index (κ2) is 7.14. The molecule has 110 valence electrons. The fraction of sp³-hybridized carbons (Fsp3) is 0.750. The summed E-state index contributed by atoms with van der Waals surface area (Å²) in [6.07, 6.45) is 11.3. The minimum Gasteiger partial charge on any atom is -0.314 e. The van der Waals surface area contributed by atoms with Crippen molar-refractivity contribution in [3.05, 3.63) is 24.0 Å². The third-order valence-electron chi connectivity index (χ3n) is 4.86. The van der Waals surface area contributed by atoms with Gasteiger partial charge in [-0.15, -0.1) is 0 Å². The van der Waals surface area contributed by atoms with Crippen LogP contribution in [0.5, 0.6) is 0 Å². The maximum atomic E-state index is 4.17. The molecule has 4 nitrogen and oxygen atoms in total. The van der Waals surface area contributed by atoms with E-state index in [2.05, 4.69) is 26.9 Å². The summed E-state index contributed by atoms with van der Waals surface area (Å²) >= 11 is 0. The highest BCUT2D eigenvalue weighted by atomic mass is 15.1. The van der Waals surface area contributed by atoms with Gasteiger partial charge in [0, 0.05) is 24.8 Å². The Labute approximate surface area is 121 Å². The summed E-state index contributed by atoms with van der Waals surface area (Å²) in [6, 6.07) is 5.38. The van der Waals surface area contributed by atoms with Crippen molar-refractivity contribution in [3.63, 3.8) is 0 Å². The smallest absolute Gasteiger partial charge is 0.0769 e. The Balaban J connectivity index is 1.57. The Hall–Kier alpha value is -1.00. The number of rotatable bonds is 4. The predicted octanol–water partition coefficient (Wildman–Crippen LogP) is 2.27. The molecule has 4 heteroatoms. The van der Waals surface area contributed by atoms with Crippen LogP contribution in [0.4, 0.5) is 0 Å². The minimum atomic E-state index is 0.640. The highest BCUT2D eigenvalue weighted by molar-refractivity contribution is 5.00. The van der Waals surface area contributed by atoms with Gasteiger partial charge in [-0.05, 0) is 50.3 Å². The van der Waals surface area contributed by atoms with Crippen molar-refractivity contribution in [2.75, 3.05) is 6.54 Å². The van der Waals surface area contributed by atoms with E-state index >= 15 is 0 Å². The highest BCUT2D eigenvalue weighted by Gasteiger charge is 2.32. The van der Waals surface area contributed by atoms with Gasteiger partial charge in [-0.3, -0.25) is 0 Å². The van der Waals surface area contributed by atoms with Crippen molar-refractivity contribution < 1.29 is 0 Å². The van der Waals surface area contributed by atoms with Gasteiger partial charge < -0.3 is 10.6 Å². The molecule has 0 bridgehead atoms. The lowest BCUT2D eigenvalue weighted by Gasteiger charge is -2.40. The van der Waals surface area contributed by atoms with Crippen molar-refractivity contribution in [2.45, 2.75) is 63.6 Å². The lowest BCUT2D eigenvalue weighted by molar-refractivity contribution is 0.180. The molecule has 2 aliphatic rings. The molecule has 2 heterocycles. The normalized spacial score (nSPS) is 31.1. The molecule has 1 aromatic rings. The van der Waals surface area contributed by atoms with Crippen LogP contribution in [-0.2, 0) is 6.54 Å². The molecule has 0 amide bonds. The molecule has 0 radical (unpaired) electrons. The molecular weight excluding hydrogens is 248 g/mol. The van der Waals surface area contributed by atoms with E-state index in [0.717, 1.165) is 24.2 Å². The highest BCUT2D eigenvalue weighted by Crippen LogP contribution is 2.30. The quantitative estimate of drug-likeness (QED) is 0.884. The van der Waals surface area contributed by atoms with Gasteiger partial charge in [-0.25, -0.2) is 0 Å². The summed E-state index contributed by atoms with van der Waals surface area (Å²) in [7, 11) is 0. The number of hydrogen-bond donors (Lipinski definition) is 2. The SMILES string of the molecule is c1cnnc(CNC2CCCCC2C2CCCCN2)c1. The third kappa shape index (κ3) is 3.55. The van der Waals surface area contributed by atoms with Crippen molar-refractivity contribution >= 4 is 0 Å². The first-order valence-corrected chi connectivity index (χ1v) is 8.17. The van der Waals surface area contributed by atoms with E-state index in [1.54, 1.807) is 6.20 Å². The maximum absolute atomic E-state index is 4.17. The summed E-state index contributed by atoms with van der Waals surface area (Å²) in [5, 5.41) is 15.6. The van der Waals surface area contributed by atoms with Crippen LogP contribution in [-0.4, -0.2) is 28.8 Å². The van der Waals surface area contributed by atoms with Gasteiger partial charge in [0.25, 0.3) is 0 Å². The van der Waals surface area contributed by atoms with E-state index in [4.69, 9.17) is 0 Å². The fourth-order valence-corrected chi connectivity index (χ4v) is 3.80. The molecule has 1 aromatic heterocycles. The fourth-order valence-electron chi connectivity index (χ4n) is 3.80. The van der Waals surface area contributed by atoms with Crippen molar-refractivity contribution in [2.24, 2.45) is 5.92 Å². The lowest BCUT2D eigenvalue weighted by atomic mass is 9.77. The topological polar surface area (TPSA) is 49.8 Å². The average molecular weight is 274 g/mol. The first-order chi connectivity index (χ1) is 9.93. The molecule has 3 rings (SSSR count). The Bertz CT molecular complexity index is 389. The van der Waals surface area contributed by atoms with E-state index in [9.17, 15) is 0 Å². The molecule has 20 heavy (non-hydrogen) atoms. The average Bonchev–Trinajstić information content (AvgIpc) is 2.55. The molecule has 0 spiro atoms. The van der Waals surface area contributed by atoms with E-state index in [-0.39, 0.29) is 0 Å². The van der Waals surface area contributed by atoms with E-state index < -0.39 is 0 Å². The Kier molecular flexibility index (Phi) is 4.98. The monoisotopic (exact) mass is 274 g/mol. The van der Waals surface area contributed by atoms with Crippen molar-refractivity contribution in [1.82, 2.24) is 20.8 Å². The van der Waals surface area contributed by atoms with Gasteiger partial charge in [-0.2, -0.15) is 10.2 Å². The van der Waals surface area contributed by atoms with Crippen LogP contribution < -0.4 is 10.6 Å². The van der Waals surface area contributed by atoms with Gasteiger partial charge in [0.05, 0.1) is 5.69 Å². The molecule has 3 unspecified atom stereocenters. The molecule has 2 fully saturated rings. The van der Waals surface area contributed by atoms with Crippen molar-refractivity contribution in [3.8, 4) is 0 Å². The molecule has 3 atom stereocenters. The van der Waals surface area contributed by atoms with E-state index in [0.29, 0.717) is 6.04 Å². The van der Waals surface area contributed by atoms with Gasteiger partial charge >= 0.3 is 0 Å². The van der Waals surface area contributed by atoms with Crippen LogP contribution in [0.15, 0.2) is 18.3 Å². The largest absolute Gasteiger partial charge is 0.314 e. The van der Waals surface area contributed by atoms with Crippen molar-refractivity contribution in [1.29, 1.82) is 0 Å². The molecule has 1 aliphatic carbocycles. The standard InChI is InChI=1S/C16H26N4/c1-2-8-16(18-12-13-6-5-11-19-20-13)14(7-1)15-9-3-4-10-17-15/h5-6,11,14-18H,1-4,7-10,12H2. The first kappa shape index (κ1) is 14.0. The molecule has 0 aromatic carbocycles. The Morgan fingerprint density at radius 2 is 2.05 bits per heavy atom. The van der Waals surface area contributed by atoms with E-state index in [1.807, 2.05) is 6.07 Å². The van der Waals surface area contributed by atoms with Gasteiger partial charge in [0.15, 0.2) is 0 Å². The number of nitrogens with zero attached hydrogens (tertiary/aromatic N) is 2. The number of nitrogens with one attached hydrogen (secondary N) is 2.